The number of hydrogen-bond acceptors (Lipinski definition) is 3. The van der Waals surface area contributed by atoms with Crippen molar-refractivity contribution in [3.05, 3.63) is 17.5 Å². The number of aryl methyl sites for hydroxylation is 1. The van der Waals surface area contributed by atoms with E-state index in [0.717, 1.165) is 4.68 Å². The molecule has 5 nitrogen and oxygen atoms in total. The van der Waals surface area contributed by atoms with Gasteiger partial charge >= 0.3 is 12.1 Å². The van der Waals surface area contributed by atoms with Crippen molar-refractivity contribution in [3.63, 3.8) is 0 Å². The zero-order valence-electron chi connectivity index (χ0n) is 10.6. The van der Waals surface area contributed by atoms with Crippen LogP contribution in [0.5, 0.6) is 0 Å². The molecule has 0 saturated carbocycles. The monoisotopic (exact) mass is 290 g/mol. The number of nitrogens with zero attached hydrogens (tertiary/aromatic N) is 2. The molecule has 3 rings (SSSR count). The van der Waals surface area contributed by atoms with Gasteiger partial charge < -0.3 is 9.84 Å². The largest absolute Gasteiger partial charge is 0.481 e. The maximum Gasteiger partial charge on any atom is 0.435 e. The molecule has 2 aliphatic rings. The second kappa shape index (κ2) is 4.21. The third-order valence-electron chi connectivity index (χ3n) is 4.04. The van der Waals surface area contributed by atoms with Crippen LogP contribution in [-0.2, 0) is 22.8 Å². The van der Waals surface area contributed by atoms with Crippen molar-refractivity contribution in [3.8, 4) is 0 Å². The first-order valence-electron chi connectivity index (χ1n) is 6.28. The fraction of sp³-hybridized carbons (Fsp3) is 0.667. The van der Waals surface area contributed by atoms with Gasteiger partial charge in [0.1, 0.15) is 0 Å². The van der Waals surface area contributed by atoms with E-state index in [9.17, 15) is 23.1 Å². The summed E-state index contributed by atoms with van der Waals surface area (Å²) in [6.45, 7) is 0. The van der Waals surface area contributed by atoms with Gasteiger partial charge in [0.15, 0.2) is 5.69 Å². The summed E-state index contributed by atoms with van der Waals surface area (Å²) in [5, 5.41) is 12.7. The summed E-state index contributed by atoms with van der Waals surface area (Å²) in [5.74, 6) is -2.82. The van der Waals surface area contributed by atoms with Gasteiger partial charge in [-0.1, -0.05) is 0 Å². The number of fused-ring (bicyclic) bond motifs is 2. The normalized spacial score (nSPS) is 32.8. The number of ether oxygens (including phenoxy) is 1. The summed E-state index contributed by atoms with van der Waals surface area (Å²) in [7, 11) is 1.39. The number of aliphatic carboxylic acids is 1. The maximum absolute atomic E-state index is 13.0. The Bertz CT molecular complexity index is 555. The lowest BCUT2D eigenvalue weighted by atomic mass is 9.75. The van der Waals surface area contributed by atoms with Crippen LogP contribution in [0.1, 0.15) is 30.0 Å². The lowest BCUT2D eigenvalue weighted by Crippen LogP contribution is -2.32. The number of carbonyl (C=O) groups is 1. The number of carboxylic acids is 1. The first-order chi connectivity index (χ1) is 9.29. The Morgan fingerprint density at radius 2 is 2.10 bits per heavy atom. The molecule has 2 bridgehead atoms. The van der Waals surface area contributed by atoms with Gasteiger partial charge in [-0.25, -0.2) is 0 Å². The predicted molar refractivity (Wildman–Crippen MR) is 60.0 cm³/mol. The van der Waals surface area contributed by atoms with Gasteiger partial charge in [0.2, 0.25) is 0 Å². The molecule has 2 aliphatic heterocycles. The van der Waals surface area contributed by atoms with E-state index in [1.165, 1.54) is 13.2 Å². The summed E-state index contributed by atoms with van der Waals surface area (Å²) in [6, 6.07) is 0. The average molecular weight is 290 g/mol. The second-order valence-corrected chi connectivity index (χ2v) is 5.28. The molecule has 1 N–H and O–H groups in total. The number of rotatable bonds is 2. The van der Waals surface area contributed by atoms with Gasteiger partial charge in [-0.15, -0.1) is 0 Å². The van der Waals surface area contributed by atoms with E-state index in [4.69, 9.17) is 4.74 Å². The number of halogens is 3. The SMILES string of the molecule is Cn1cc(C2C3CCC(O3)C2C(=O)O)c(C(F)(F)F)n1. The van der Waals surface area contributed by atoms with Crippen molar-refractivity contribution >= 4 is 5.97 Å². The molecule has 2 fully saturated rings. The molecule has 0 aliphatic carbocycles. The Labute approximate surface area is 112 Å². The van der Waals surface area contributed by atoms with Crippen molar-refractivity contribution in [2.75, 3.05) is 0 Å². The lowest BCUT2D eigenvalue weighted by Gasteiger charge is -2.25. The molecule has 0 aromatic carbocycles. The van der Waals surface area contributed by atoms with Gasteiger partial charge in [-0.2, -0.15) is 18.3 Å². The Kier molecular flexibility index (Phi) is 2.82. The van der Waals surface area contributed by atoms with Crippen LogP contribution in [0.25, 0.3) is 0 Å². The Morgan fingerprint density at radius 3 is 2.70 bits per heavy atom. The Balaban J connectivity index is 2.06. The highest BCUT2D eigenvalue weighted by Crippen LogP contribution is 2.51. The van der Waals surface area contributed by atoms with Gasteiger partial charge in [0.05, 0.1) is 18.1 Å². The minimum atomic E-state index is -4.60. The fourth-order valence-electron chi connectivity index (χ4n) is 3.36. The van der Waals surface area contributed by atoms with Gasteiger partial charge in [0, 0.05) is 24.7 Å². The first kappa shape index (κ1) is 13.4. The molecule has 1 aromatic rings. The quantitative estimate of drug-likeness (QED) is 0.902. The van der Waals surface area contributed by atoms with E-state index in [1.54, 1.807) is 0 Å². The van der Waals surface area contributed by atoms with Crippen LogP contribution in [-0.4, -0.2) is 33.1 Å². The zero-order valence-corrected chi connectivity index (χ0v) is 10.6. The van der Waals surface area contributed by atoms with E-state index in [-0.39, 0.29) is 5.56 Å². The van der Waals surface area contributed by atoms with Crippen LogP contribution in [0, 0.1) is 5.92 Å². The summed E-state index contributed by atoms with van der Waals surface area (Å²) in [4.78, 5) is 11.4. The minimum absolute atomic E-state index is 0.0698. The van der Waals surface area contributed by atoms with E-state index in [0.29, 0.717) is 12.8 Å². The van der Waals surface area contributed by atoms with Crippen molar-refractivity contribution in [1.82, 2.24) is 9.78 Å². The van der Waals surface area contributed by atoms with Crippen molar-refractivity contribution in [1.29, 1.82) is 0 Å². The third kappa shape index (κ3) is 1.90. The molecular formula is C12H13F3N2O3. The highest BCUT2D eigenvalue weighted by atomic mass is 19.4. The molecule has 1 aromatic heterocycles. The van der Waals surface area contributed by atoms with E-state index < -0.39 is 41.9 Å². The van der Waals surface area contributed by atoms with Crippen LogP contribution >= 0.6 is 0 Å². The molecule has 110 valence electrons. The highest BCUT2D eigenvalue weighted by molar-refractivity contribution is 5.73. The van der Waals surface area contributed by atoms with Gasteiger partial charge in [-0.05, 0) is 12.8 Å². The Morgan fingerprint density at radius 1 is 1.45 bits per heavy atom. The molecule has 0 spiro atoms. The molecule has 20 heavy (non-hydrogen) atoms. The van der Waals surface area contributed by atoms with Crippen molar-refractivity contribution in [2.24, 2.45) is 13.0 Å². The maximum atomic E-state index is 13.0. The van der Waals surface area contributed by atoms with Crippen molar-refractivity contribution < 1.29 is 27.8 Å². The fourth-order valence-corrected chi connectivity index (χ4v) is 3.36. The Hall–Kier alpha value is -1.57. The molecule has 3 heterocycles. The highest BCUT2D eigenvalue weighted by Gasteiger charge is 2.55. The van der Waals surface area contributed by atoms with E-state index in [2.05, 4.69) is 5.10 Å². The van der Waals surface area contributed by atoms with Crippen LogP contribution in [0.3, 0.4) is 0 Å². The third-order valence-corrected chi connectivity index (χ3v) is 4.04. The van der Waals surface area contributed by atoms with E-state index in [1.807, 2.05) is 0 Å². The standard InChI is InChI=1S/C12H13F3N2O3/c1-17-4-5(10(16-17)12(13,14)15)8-6-2-3-7(20-6)9(8)11(18)19/h4,6-9H,2-3H2,1H3,(H,18,19). The molecule has 8 heteroatoms. The summed E-state index contributed by atoms with van der Waals surface area (Å²) in [5.41, 5.74) is -1.08. The molecule has 2 saturated heterocycles. The number of aromatic nitrogens is 2. The molecule has 4 unspecified atom stereocenters. The predicted octanol–water partition coefficient (Wildman–Crippen LogP) is 1.78. The molecule has 0 radical (unpaired) electrons. The molecular weight excluding hydrogens is 277 g/mol. The zero-order chi connectivity index (χ0) is 14.7. The van der Waals surface area contributed by atoms with Crippen LogP contribution in [0.4, 0.5) is 13.2 Å². The summed E-state index contributed by atoms with van der Waals surface area (Å²) in [6.07, 6.45) is -3.13. The van der Waals surface area contributed by atoms with Crippen LogP contribution < -0.4 is 0 Å². The second-order valence-electron chi connectivity index (χ2n) is 5.28. The minimum Gasteiger partial charge on any atom is -0.481 e. The van der Waals surface area contributed by atoms with Crippen LogP contribution in [0.15, 0.2) is 6.20 Å². The molecule has 0 amide bonds. The number of carboxylic acid groups (broad SMARTS) is 1. The van der Waals surface area contributed by atoms with Crippen molar-refractivity contribution in [2.45, 2.75) is 37.1 Å². The smallest absolute Gasteiger partial charge is 0.435 e. The van der Waals surface area contributed by atoms with Gasteiger partial charge in [0.25, 0.3) is 0 Å². The summed E-state index contributed by atoms with van der Waals surface area (Å²) >= 11 is 0. The number of hydrogen-bond donors (Lipinski definition) is 1. The summed E-state index contributed by atoms with van der Waals surface area (Å²) < 4.78 is 45.6. The van der Waals surface area contributed by atoms with Crippen LogP contribution in [0.2, 0.25) is 0 Å². The first-order valence-corrected chi connectivity index (χ1v) is 6.28. The topological polar surface area (TPSA) is 64.3 Å². The van der Waals surface area contributed by atoms with E-state index >= 15 is 0 Å². The lowest BCUT2D eigenvalue weighted by molar-refractivity contribution is -0.146. The van der Waals surface area contributed by atoms with Gasteiger partial charge in [-0.3, -0.25) is 9.48 Å². The molecule has 4 atom stereocenters. The number of alkyl halides is 3. The average Bonchev–Trinajstić information content (AvgIpc) is 2.98.